The van der Waals surface area contributed by atoms with Crippen molar-refractivity contribution in [1.29, 1.82) is 0 Å². The van der Waals surface area contributed by atoms with E-state index in [4.69, 9.17) is 0 Å². The van der Waals surface area contributed by atoms with E-state index in [1.807, 2.05) is 0 Å². The summed E-state index contributed by atoms with van der Waals surface area (Å²) in [6, 6.07) is 6.59. The first-order valence-electron chi connectivity index (χ1n) is 6.01. The first-order chi connectivity index (χ1) is 9.09. The van der Waals surface area contributed by atoms with Crippen molar-refractivity contribution in [2.45, 2.75) is 6.92 Å². The zero-order chi connectivity index (χ0) is 13.8. The Labute approximate surface area is 110 Å². The quantitative estimate of drug-likeness (QED) is 0.788. The highest BCUT2D eigenvalue weighted by atomic mass is 16.2. The van der Waals surface area contributed by atoms with E-state index in [1.54, 1.807) is 24.3 Å². The third kappa shape index (κ3) is 2.90. The molecule has 2 rings (SSSR count). The van der Waals surface area contributed by atoms with Gasteiger partial charge in [0.2, 0.25) is 5.91 Å². The molecular weight excluding hydrogens is 246 g/mol. The summed E-state index contributed by atoms with van der Waals surface area (Å²) >= 11 is 0. The number of carbonyl (C=O) groups is 3. The summed E-state index contributed by atoms with van der Waals surface area (Å²) in [6.45, 7) is 2.32. The van der Waals surface area contributed by atoms with Crippen LogP contribution in [0.3, 0.4) is 0 Å². The highest BCUT2D eigenvalue weighted by Crippen LogP contribution is 2.15. The minimum absolute atomic E-state index is 0.0162. The molecule has 1 aliphatic heterocycles. The van der Waals surface area contributed by atoms with Crippen LogP contribution < -0.4 is 10.6 Å². The summed E-state index contributed by atoms with van der Waals surface area (Å²) in [5, 5.41) is 5.46. The number of hydrogen-bond acceptors (Lipinski definition) is 4. The van der Waals surface area contributed by atoms with Crippen LogP contribution in [0.25, 0.3) is 0 Å². The number of ketones is 1. The van der Waals surface area contributed by atoms with E-state index in [0.29, 0.717) is 24.3 Å². The van der Waals surface area contributed by atoms with E-state index in [0.717, 1.165) is 4.90 Å². The second-order valence-electron chi connectivity index (χ2n) is 4.23. The summed E-state index contributed by atoms with van der Waals surface area (Å²) in [4.78, 5) is 35.7. The average molecular weight is 261 g/mol. The third-order valence-electron chi connectivity index (χ3n) is 2.89. The lowest BCUT2D eigenvalue weighted by Gasteiger charge is -2.14. The summed E-state index contributed by atoms with van der Waals surface area (Å²) in [5.74, 6) is -0.386. The number of nitrogens with zero attached hydrogens (tertiary/aromatic N) is 1. The molecule has 1 aromatic rings. The molecule has 0 atom stereocenters. The fourth-order valence-corrected chi connectivity index (χ4v) is 1.92. The number of benzene rings is 1. The molecule has 1 saturated heterocycles. The van der Waals surface area contributed by atoms with Gasteiger partial charge in [0.15, 0.2) is 5.78 Å². The summed E-state index contributed by atoms with van der Waals surface area (Å²) < 4.78 is 0. The molecular formula is C13H15N3O3. The van der Waals surface area contributed by atoms with Gasteiger partial charge >= 0.3 is 6.03 Å². The van der Waals surface area contributed by atoms with Gasteiger partial charge in [-0.25, -0.2) is 4.79 Å². The average Bonchev–Trinajstić information content (AvgIpc) is 2.82. The van der Waals surface area contributed by atoms with Crippen molar-refractivity contribution < 1.29 is 14.4 Å². The number of nitrogens with one attached hydrogen (secondary N) is 2. The summed E-state index contributed by atoms with van der Waals surface area (Å²) in [7, 11) is 0. The van der Waals surface area contributed by atoms with Gasteiger partial charge in [-0.05, 0) is 19.1 Å². The van der Waals surface area contributed by atoms with Crippen LogP contribution in [0.1, 0.15) is 17.3 Å². The van der Waals surface area contributed by atoms with Gasteiger partial charge in [-0.1, -0.05) is 12.1 Å². The number of para-hydroxylation sites is 1. The highest BCUT2D eigenvalue weighted by Gasteiger charge is 2.25. The Balaban J connectivity index is 2.01. The van der Waals surface area contributed by atoms with Gasteiger partial charge in [0, 0.05) is 24.3 Å². The lowest BCUT2D eigenvalue weighted by atomic mass is 10.1. The van der Waals surface area contributed by atoms with Crippen LogP contribution >= 0.6 is 0 Å². The zero-order valence-corrected chi connectivity index (χ0v) is 10.6. The van der Waals surface area contributed by atoms with Crippen molar-refractivity contribution in [3.05, 3.63) is 29.8 Å². The van der Waals surface area contributed by atoms with Crippen molar-refractivity contribution in [3.63, 3.8) is 0 Å². The lowest BCUT2D eigenvalue weighted by molar-refractivity contribution is -0.125. The molecule has 19 heavy (non-hydrogen) atoms. The topological polar surface area (TPSA) is 78.5 Å². The van der Waals surface area contributed by atoms with Crippen LogP contribution in [0.15, 0.2) is 24.3 Å². The second kappa shape index (κ2) is 5.51. The summed E-state index contributed by atoms with van der Waals surface area (Å²) in [6.07, 6.45) is 0. The number of urea groups is 1. The predicted octanol–water partition coefficient (Wildman–Crippen LogP) is 0.853. The molecule has 100 valence electrons. The normalized spacial score (nSPS) is 14.2. The maximum Gasteiger partial charge on any atom is 0.324 e. The first kappa shape index (κ1) is 13.1. The highest BCUT2D eigenvalue weighted by molar-refractivity contribution is 6.01. The Morgan fingerprint density at radius 3 is 2.74 bits per heavy atom. The third-order valence-corrected chi connectivity index (χ3v) is 2.89. The van der Waals surface area contributed by atoms with E-state index < -0.39 is 0 Å². The SMILES string of the molecule is CC(=O)c1ccccc1NCC(=O)N1CCNC1=O. The smallest absolute Gasteiger partial charge is 0.324 e. The van der Waals surface area contributed by atoms with E-state index in [1.165, 1.54) is 6.92 Å². The predicted molar refractivity (Wildman–Crippen MR) is 70.0 cm³/mol. The molecule has 1 heterocycles. The Morgan fingerprint density at radius 1 is 1.37 bits per heavy atom. The van der Waals surface area contributed by atoms with Gasteiger partial charge in [-0.15, -0.1) is 0 Å². The van der Waals surface area contributed by atoms with Crippen LogP contribution in [0, 0.1) is 0 Å². The van der Waals surface area contributed by atoms with Crippen LogP contribution in [0.2, 0.25) is 0 Å². The van der Waals surface area contributed by atoms with Gasteiger partial charge < -0.3 is 10.6 Å². The Kier molecular flexibility index (Phi) is 3.79. The Bertz CT molecular complexity index is 528. The van der Waals surface area contributed by atoms with Gasteiger partial charge in [-0.2, -0.15) is 0 Å². The van der Waals surface area contributed by atoms with Gasteiger partial charge in [0.05, 0.1) is 6.54 Å². The Hall–Kier alpha value is -2.37. The maximum atomic E-state index is 11.8. The van der Waals surface area contributed by atoms with Gasteiger partial charge in [0.1, 0.15) is 0 Å². The van der Waals surface area contributed by atoms with Crippen LogP contribution in [0.5, 0.6) is 0 Å². The van der Waals surface area contributed by atoms with E-state index in [9.17, 15) is 14.4 Å². The molecule has 1 aliphatic rings. The fourth-order valence-electron chi connectivity index (χ4n) is 1.92. The standard InChI is InChI=1S/C13H15N3O3/c1-9(17)10-4-2-3-5-11(10)15-8-12(18)16-7-6-14-13(16)19/h2-5,15H,6-8H2,1H3,(H,14,19). The molecule has 1 fully saturated rings. The van der Waals surface area contributed by atoms with E-state index >= 15 is 0 Å². The van der Waals surface area contributed by atoms with E-state index in [2.05, 4.69) is 10.6 Å². The van der Waals surface area contributed by atoms with Crippen molar-refractivity contribution in [2.75, 3.05) is 25.0 Å². The molecule has 0 spiro atoms. The number of imide groups is 1. The number of hydrogen-bond donors (Lipinski definition) is 2. The molecule has 0 saturated carbocycles. The molecule has 2 N–H and O–H groups in total. The molecule has 0 bridgehead atoms. The number of carbonyl (C=O) groups excluding carboxylic acids is 3. The molecule has 6 heteroatoms. The minimum Gasteiger partial charge on any atom is -0.376 e. The van der Waals surface area contributed by atoms with Crippen molar-refractivity contribution in [1.82, 2.24) is 10.2 Å². The Morgan fingerprint density at radius 2 is 2.11 bits per heavy atom. The molecule has 1 aromatic carbocycles. The minimum atomic E-state index is -0.369. The zero-order valence-electron chi connectivity index (χ0n) is 10.6. The second-order valence-corrected chi connectivity index (χ2v) is 4.23. The molecule has 3 amide bonds. The van der Waals surface area contributed by atoms with Crippen molar-refractivity contribution in [2.24, 2.45) is 0 Å². The monoisotopic (exact) mass is 261 g/mol. The largest absolute Gasteiger partial charge is 0.376 e. The summed E-state index contributed by atoms with van der Waals surface area (Å²) in [5.41, 5.74) is 1.13. The van der Waals surface area contributed by atoms with Crippen LogP contribution in [-0.2, 0) is 4.79 Å². The number of anilines is 1. The molecule has 6 nitrogen and oxygen atoms in total. The first-order valence-corrected chi connectivity index (χ1v) is 6.01. The molecule has 0 aliphatic carbocycles. The molecule has 0 aromatic heterocycles. The van der Waals surface area contributed by atoms with E-state index in [-0.39, 0.29) is 24.3 Å². The number of amides is 3. The number of rotatable bonds is 4. The fraction of sp³-hybridized carbons (Fsp3) is 0.308. The van der Waals surface area contributed by atoms with Gasteiger partial charge in [0.25, 0.3) is 0 Å². The van der Waals surface area contributed by atoms with Gasteiger partial charge in [-0.3, -0.25) is 14.5 Å². The van der Waals surface area contributed by atoms with Crippen LogP contribution in [-0.4, -0.2) is 42.3 Å². The van der Waals surface area contributed by atoms with Crippen molar-refractivity contribution in [3.8, 4) is 0 Å². The van der Waals surface area contributed by atoms with Crippen molar-refractivity contribution >= 4 is 23.4 Å². The number of Topliss-reactive ketones (excluding diaryl/α,β-unsaturated/α-hetero) is 1. The lowest BCUT2D eigenvalue weighted by Crippen LogP contribution is -2.38. The molecule has 0 radical (unpaired) electrons. The maximum absolute atomic E-state index is 11.8. The van der Waals surface area contributed by atoms with Crippen LogP contribution in [0.4, 0.5) is 10.5 Å². The molecule has 0 unspecified atom stereocenters.